The number of hydrogen-bond acceptors (Lipinski definition) is 5. The molecule has 6 nitrogen and oxygen atoms in total. The van der Waals surface area contributed by atoms with E-state index in [1.807, 2.05) is 42.5 Å². The van der Waals surface area contributed by atoms with E-state index in [1.165, 1.54) is 10.9 Å². The van der Waals surface area contributed by atoms with Crippen LogP contribution in [-0.4, -0.2) is 27.8 Å². The number of rotatable bonds is 2. The third-order valence-electron chi connectivity index (χ3n) is 4.90. The molecule has 0 unspecified atom stereocenters. The predicted molar refractivity (Wildman–Crippen MR) is 110 cm³/mol. The molecule has 0 N–H and O–H groups in total. The number of para-hydroxylation sites is 2. The van der Waals surface area contributed by atoms with Gasteiger partial charge in [0, 0.05) is 16.8 Å². The van der Waals surface area contributed by atoms with Crippen LogP contribution >= 0.6 is 11.8 Å². The fraction of sp³-hybridized carbons (Fsp3) is 0.190. The number of carbonyl (C=O) groups excluding carboxylic acids is 1. The third-order valence-corrected chi connectivity index (χ3v) is 6.05. The lowest BCUT2D eigenvalue weighted by molar-refractivity contribution is -0.119. The van der Waals surface area contributed by atoms with Crippen molar-refractivity contribution in [3.63, 3.8) is 0 Å². The zero-order valence-electron chi connectivity index (χ0n) is 15.0. The first-order valence-corrected chi connectivity index (χ1v) is 10.1. The Labute approximate surface area is 164 Å². The maximum absolute atomic E-state index is 13.0. The maximum Gasteiger partial charge on any atom is 0.297 e. The van der Waals surface area contributed by atoms with Crippen molar-refractivity contribution in [3.05, 3.63) is 65.2 Å². The summed E-state index contributed by atoms with van der Waals surface area (Å²) in [5.74, 6) is 0.835. The van der Waals surface area contributed by atoms with Gasteiger partial charge < -0.3 is 9.32 Å². The summed E-state index contributed by atoms with van der Waals surface area (Å²) in [7, 11) is 0. The number of benzene rings is 2. The van der Waals surface area contributed by atoms with E-state index in [0.29, 0.717) is 17.6 Å². The normalized spacial score (nSPS) is 14.2. The molecule has 0 spiro atoms. The smallest absolute Gasteiger partial charge is 0.297 e. The van der Waals surface area contributed by atoms with E-state index < -0.39 is 0 Å². The van der Waals surface area contributed by atoms with Crippen molar-refractivity contribution in [2.45, 2.75) is 17.9 Å². The summed E-state index contributed by atoms with van der Waals surface area (Å²) in [6.07, 6.45) is 2.34. The molecule has 0 saturated carbocycles. The minimum atomic E-state index is -0.341. The topological polar surface area (TPSA) is 68.3 Å². The van der Waals surface area contributed by atoms with E-state index >= 15 is 0 Å². The summed E-state index contributed by atoms with van der Waals surface area (Å²) in [4.78, 5) is 33.2. The van der Waals surface area contributed by atoms with Crippen LogP contribution in [0.25, 0.3) is 22.1 Å². The van der Waals surface area contributed by atoms with Gasteiger partial charge in [-0.3, -0.25) is 14.2 Å². The van der Waals surface area contributed by atoms with Crippen molar-refractivity contribution in [1.82, 2.24) is 9.55 Å². The second-order valence-electron chi connectivity index (χ2n) is 6.67. The monoisotopic (exact) mass is 391 g/mol. The summed E-state index contributed by atoms with van der Waals surface area (Å²) in [5, 5.41) is 0.798. The van der Waals surface area contributed by atoms with E-state index in [-0.39, 0.29) is 23.6 Å². The summed E-state index contributed by atoms with van der Waals surface area (Å²) < 4.78 is 7.03. The number of aromatic nitrogens is 2. The lowest BCUT2D eigenvalue weighted by Crippen LogP contribution is -2.37. The number of hydrogen-bond donors (Lipinski definition) is 0. The molecule has 2 aromatic carbocycles. The molecule has 5 rings (SSSR count). The van der Waals surface area contributed by atoms with Crippen LogP contribution in [-0.2, 0) is 11.3 Å². The van der Waals surface area contributed by atoms with Gasteiger partial charge in [0.15, 0.2) is 0 Å². The molecule has 140 valence electrons. The molecule has 7 heteroatoms. The van der Waals surface area contributed by atoms with Gasteiger partial charge in [0.1, 0.15) is 17.6 Å². The van der Waals surface area contributed by atoms with E-state index in [4.69, 9.17) is 4.42 Å². The molecule has 0 atom stereocenters. The summed E-state index contributed by atoms with van der Waals surface area (Å²) in [6, 6.07) is 15.3. The predicted octanol–water partition coefficient (Wildman–Crippen LogP) is 3.67. The largest absolute Gasteiger partial charge is 0.448 e. The fourth-order valence-corrected chi connectivity index (χ4v) is 4.54. The Kier molecular flexibility index (Phi) is 4.16. The van der Waals surface area contributed by atoms with Gasteiger partial charge in [0.05, 0.1) is 12.0 Å². The Morgan fingerprint density at radius 2 is 1.96 bits per heavy atom. The van der Waals surface area contributed by atoms with Gasteiger partial charge in [-0.2, -0.15) is 0 Å². The second kappa shape index (κ2) is 6.83. The molecule has 0 radical (unpaired) electrons. The molecule has 1 aliphatic rings. The summed E-state index contributed by atoms with van der Waals surface area (Å²) >= 11 is 1.75. The quantitative estimate of drug-likeness (QED) is 0.521. The van der Waals surface area contributed by atoms with E-state index in [0.717, 1.165) is 28.1 Å². The van der Waals surface area contributed by atoms with Crippen LogP contribution in [0.1, 0.15) is 6.42 Å². The number of carbonyl (C=O) groups is 1. The van der Waals surface area contributed by atoms with Gasteiger partial charge >= 0.3 is 0 Å². The van der Waals surface area contributed by atoms with Crippen molar-refractivity contribution in [3.8, 4) is 0 Å². The molecule has 0 bridgehead atoms. The number of fused-ring (bicyclic) bond motifs is 4. The second-order valence-corrected chi connectivity index (χ2v) is 7.81. The van der Waals surface area contributed by atoms with Crippen molar-refractivity contribution in [2.75, 3.05) is 17.2 Å². The highest BCUT2D eigenvalue weighted by Gasteiger charge is 2.22. The first-order valence-electron chi connectivity index (χ1n) is 9.11. The molecule has 28 heavy (non-hydrogen) atoms. The summed E-state index contributed by atoms with van der Waals surface area (Å²) in [5.41, 5.74) is 1.89. The Bertz CT molecular complexity index is 1260. The van der Waals surface area contributed by atoms with Crippen molar-refractivity contribution in [1.29, 1.82) is 0 Å². The number of amides is 1. The highest BCUT2D eigenvalue weighted by atomic mass is 32.2. The average molecular weight is 391 g/mol. The van der Waals surface area contributed by atoms with Crippen molar-refractivity contribution >= 4 is 45.4 Å². The highest BCUT2D eigenvalue weighted by molar-refractivity contribution is 7.99. The van der Waals surface area contributed by atoms with Crippen molar-refractivity contribution < 1.29 is 9.21 Å². The Balaban J connectivity index is 1.52. The zero-order valence-corrected chi connectivity index (χ0v) is 15.8. The molecular weight excluding hydrogens is 374 g/mol. The molecule has 0 fully saturated rings. The highest BCUT2D eigenvalue weighted by Crippen LogP contribution is 2.33. The van der Waals surface area contributed by atoms with Gasteiger partial charge in [-0.1, -0.05) is 24.3 Å². The number of furan rings is 1. The molecule has 0 saturated heterocycles. The maximum atomic E-state index is 13.0. The van der Waals surface area contributed by atoms with Crippen LogP contribution in [0.15, 0.2) is 69.0 Å². The van der Waals surface area contributed by atoms with E-state index in [1.54, 1.807) is 22.7 Å². The van der Waals surface area contributed by atoms with Crippen LogP contribution < -0.4 is 10.5 Å². The zero-order chi connectivity index (χ0) is 19.1. The molecule has 2 aromatic heterocycles. The average Bonchev–Trinajstić information content (AvgIpc) is 2.96. The van der Waals surface area contributed by atoms with Crippen LogP contribution in [0.4, 0.5) is 5.69 Å². The fourth-order valence-electron chi connectivity index (χ4n) is 3.55. The first-order chi connectivity index (χ1) is 13.7. The van der Waals surface area contributed by atoms with Crippen LogP contribution in [0, 0.1) is 0 Å². The molecule has 3 heterocycles. The Morgan fingerprint density at radius 1 is 1.14 bits per heavy atom. The van der Waals surface area contributed by atoms with Crippen LogP contribution in [0.5, 0.6) is 0 Å². The van der Waals surface area contributed by atoms with Gasteiger partial charge in [0.2, 0.25) is 11.5 Å². The molecule has 1 amide bonds. The summed E-state index contributed by atoms with van der Waals surface area (Å²) in [6.45, 7) is 0.565. The molecule has 0 aliphatic carbocycles. The third kappa shape index (κ3) is 2.79. The number of nitrogens with zero attached hydrogens (tertiary/aromatic N) is 3. The molecule has 1 aliphatic heterocycles. The standard InChI is InChI=1S/C21H17N3O3S/c25-18(24-10-5-11-28-17-9-4-2-7-15(17)24)12-23-13-22-19-14-6-1-3-8-16(14)27-20(19)21(23)26/h1-4,6-9,13H,5,10-12H2. The minimum absolute atomic E-state index is 0.0716. The minimum Gasteiger partial charge on any atom is -0.448 e. The van der Waals surface area contributed by atoms with Crippen LogP contribution in [0.3, 0.4) is 0 Å². The number of thioether (sulfide) groups is 1. The van der Waals surface area contributed by atoms with Gasteiger partial charge in [-0.15, -0.1) is 11.8 Å². The molecule has 4 aromatic rings. The van der Waals surface area contributed by atoms with E-state index in [9.17, 15) is 9.59 Å². The van der Waals surface area contributed by atoms with Gasteiger partial charge in [-0.05, 0) is 36.4 Å². The molecular formula is C21H17N3O3S. The SMILES string of the molecule is O=C(Cn1cnc2c(oc3ccccc32)c1=O)N1CCCSc2ccccc21. The Hall–Kier alpha value is -3.06. The van der Waals surface area contributed by atoms with E-state index in [2.05, 4.69) is 4.98 Å². The van der Waals surface area contributed by atoms with Gasteiger partial charge in [-0.25, -0.2) is 4.98 Å². The first kappa shape index (κ1) is 17.1. The lowest BCUT2D eigenvalue weighted by Gasteiger charge is -2.22. The Morgan fingerprint density at radius 3 is 2.89 bits per heavy atom. The van der Waals surface area contributed by atoms with Crippen LogP contribution in [0.2, 0.25) is 0 Å². The lowest BCUT2D eigenvalue weighted by atomic mass is 10.2. The number of anilines is 1. The van der Waals surface area contributed by atoms with Gasteiger partial charge in [0.25, 0.3) is 5.56 Å². The van der Waals surface area contributed by atoms with Crippen molar-refractivity contribution in [2.24, 2.45) is 0 Å².